The minimum atomic E-state index is -0.249. The Morgan fingerprint density at radius 1 is 1.19 bits per heavy atom. The van der Waals surface area contributed by atoms with Crippen LogP contribution in [-0.4, -0.2) is 78.9 Å². The van der Waals surface area contributed by atoms with Crippen molar-refractivity contribution in [1.82, 2.24) is 9.47 Å². The number of carbonyl (C=O) groups excluding carboxylic acids is 2. The second-order valence-electron chi connectivity index (χ2n) is 6.79. The van der Waals surface area contributed by atoms with E-state index >= 15 is 0 Å². The lowest BCUT2D eigenvalue weighted by Gasteiger charge is -2.26. The van der Waals surface area contributed by atoms with Gasteiger partial charge >= 0.3 is 0 Å². The van der Waals surface area contributed by atoms with Gasteiger partial charge in [-0.05, 0) is 32.0 Å². The number of morpholine rings is 1. The maximum Gasteiger partial charge on any atom is 0.258 e. The zero-order chi connectivity index (χ0) is 22.1. The van der Waals surface area contributed by atoms with Crippen molar-refractivity contribution in [3.8, 4) is 5.75 Å². The highest BCUT2D eigenvalue weighted by molar-refractivity contribution is 8.00. The van der Waals surface area contributed by atoms with Crippen LogP contribution in [0.5, 0.6) is 5.75 Å². The van der Waals surface area contributed by atoms with Crippen molar-refractivity contribution >= 4 is 45.1 Å². The van der Waals surface area contributed by atoms with Crippen molar-refractivity contribution in [3.63, 3.8) is 0 Å². The van der Waals surface area contributed by atoms with E-state index in [1.807, 2.05) is 36.6 Å². The lowest BCUT2D eigenvalue weighted by Crippen LogP contribution is -2.41. The summed E-state index contributed by atoms with van der Waals surface area (Å²) in [4.78, 5) is 31.5. The number of aromatic nitrogens is 1. The third-order valence-corrected chi connectivity index (χ3v) is 6.61. The number of ether oxygens (including phenoxy) is 3. The van der Waals surface area contributed by atoms with E-state index in [1.54, 1.807) is 4.90 Å². The number of carbonyl (C=O) groups is 2. The first-order chi connectivity index (χ1) is 15.1. The average Bonchev–Trinajstić information content (AvgIpc) is 3.11. The highest BCUT2D eigenvalue weighted by atomic mass is 32.2. The quantitative estimate of drug-likeness (QED) is 0.498. The molecule has 1 aliphatic rings. The molecule has 0 spiro atoms. The summed E-state index contributed by atoms with van der Waals surface area (Å²) in [5.41, 5.74) is 0.995. The molecule has 0 radical (unpaired) electrons. The van der Waals surface area contributed by atoms with Crippen molar-refractivity contribution in [3.05, 3.63) is 23.0 Å². The summed E-state index contributed by atoms with van der Waals surface area (Å²) >= 11 is 2.76. The fraction of sp³-hybridized carbons (Fsp3) is 0.571. The molecule has 2 amide bonds. The first-order valence-electron chi connectivity index (χ1n) is 10.5. The molecule has 0 atom stereocenters. The molecule has 1 aliphatic heterocycles. The molecule has 8 nitrogen and oxygen atoms in total. The van der Waals surface area contributed by atoms with E-state index in [0.29, 0.717) is 57.5 Å². The van der Waals surface area contributed by atoms with Crippen LogP contribution in [0.25, 0.3) is 10.2 Å². The number of amides is 2. The Hall–Kier alpha value is -1.88. The van der Waals surface area contributed by atoms with Crippen molar-refractivity contribution in [2.75, 3.05) is 57.6 Å². The molecule has 0 saturated carbocycles. The number of fused-ring (bicyclic) bond motifs is 1. The van der Waals surface area contributed by atoms with Crippen LogP contribution < -0.4 is 9.54 Å². The minimum absolute atomic E-state index is 0.0400. The van der Waals surface area contributed by atoms with Gasteiger partial charge < -0.3 is 23.7 Å². The van der Waals surface area contributed by atoms with Crippen molar-refractivity contribution in [2.24, 2.45) is 4.99 Å². The van der Waals surface area contributed by atoms with Crippen LogP contribution in [-0.2, 0) is 25.6 Å². The topological polar surface area (TPSA) is 82.4 Å². The van der Waals surface area contributed by atoms with Gasteiger partial charge in [-0.25, -0.2) is 0 Å². The molecule has 1 aromatic carbocycles. The smallest absolute Gasteiger partial charge is 0.258 e. The van der Waals surface area contributed by atoms with E-state index in [0.717, 1.165) is 16.0 Å². The Balaban J connectivity index is 1.69. The van der Waals surface area contributed by atoms with E-state index in [1.165, 1.54) is 23.1 Å². The van der Waals surface area contributed by atoms with Crippen molar-refractivity contribution < 1.29 is 23.8 Å². The van der Waals surface area contributed by atoms with Gasteiger partial charge in [0.2, 0.25) is 5.91 Å². The summed E-state index contributed by atoms with van der Waals surface area (Å²) in [6.45, 7) is 8.65. The van der Waals surface area contributed by atoms with Gasteiger partial charge in [-0.3, -0.25) is 9.59 Å². The zero-order valence-electron chi connectivity index (χ0n) is 18.0. The molecular weight excluding hydrogens is 438 g/mol. The van der Waals surface area contributed by atoms with E-state index in [9.17, 15) is 9.59 Å². The van der Waals surface area contributed by atoms with Gasteiger partial charge in [-0.1, -0.05) is 11.3 Å². The van der Waals surface area contributed by atoms with E-state index in [-0.39, 0.29) is 23.3 Å². The monoisotopic (exact) mass is 467 g/mol. The van der Waals surface area contributed by atoms with Gasteiger partial charge in [0.1, 0.15) is 5.75 Å². The molecule has 10 heteroatoms. The summed E-state index contributed by atoms with van der Waals surface area (Å²) in [5.74, 6) is 1.03. The lowest BCUT2D eigenvalue weighted by atomic mass is 10.3. The highest BCUT2D eigenvalue weighted by Gasteiger charge is 2.17. The second kappa shape index (κ2) is 12.2. The van der Waals surface area contributed by atoms with Crippen molar-refractivity contribution in [2.45, 2.75) is 20.4 Å². The maximum atomic E-state index is 12.5. The third kappa shape index (κ3) is 6.80. The maximum absolute atomic E-state index is 12.5. The van der Waals surface area contributed by atoms with Crippen LogP contribution in [0.4, 0.5) is 0 Å². The first-order valence-corrected chi connectivity index (χ1v) is 12.4. The Morgan fingerprint density at radius 3 is 2.74 bits per heavy atom. The van der Waals surface area contributed by atoms with Gasteiger partial charge in [0.15, 0.2) is 4.80 Å². The zero-order valence-corrected chi connectivity index (χ0v) is 19.6. The summed E-state index contributed by atoms with van der Waals surface area (Å²) in [5, 5.41) is 0. The number of hydrogen-bond donors (Lipinski definition) is 0. The summed E-state index contributed by atoms with van der Waals surface area (Å²) in [6.07, 6.45) is 0. The third-order valence-electron chi connectivity index (χ3n) is 4.66. The molecule has 0 bridgehead atoms. The summed E-state index contributed by atoms with van der Waals surface area (Å²) in [7, 11) is 0. The predicted octanol–water partition coefficient (Wildman–Crippen LogP) is 2.16. The van der Waals surface area contributed by atoms with Crippen LogP contribution in [0.15, 0.2) is 23.2 Å². The van der Waals surface area contributed by atoms with Gasteiger partial charge in [-0.15, -0.1) is 11.8 Å². The number of thioether (sulfide) groups is 1. The fourth-order valence-corrected chi connectivity index (χ4v) is 4.98. The van der Waals surface area contributed by atoms with Gasteiger partial charge in [0.05, 0.1) is 48.1 Å². The largest absolute Gasteiger partial charge is 0.494 e. The number of nitrogens with zero attached hydrogens (tertiary/aromatic N) is 3. The van der Waals surface area contributed by atoms with E-state index in [2.05, 4.69) is 4.99 Å². The van der Waals surface area contributed by atoms with Crippen LogP contribution in [0, 0.1) is 0 Å². The Kier molecular flexibility index (Phi) is 9.38. The van der Waals surface area contributed by atoms with Gasteiger partial charge in [-0.2, -0.15) is 4.99 Å². The molecule has 1 saturated heterocycles. The molecule has 2 aromatic rings. The molecular formula is C21H29N3O5S2. The Bertz CT molecular complexity index is 950. The first kappa shape index (κ1) is 23.8. The van der Waals surface area contributed by atoms with Crippen LogP contribution in [0.3, 0.4) is 0 Å². The lowest BCUT2D eigenvalue weighted by molar-refractivity contribution is -0.132. The number of thiazole rings is 1. The van der Waals surface area contributed by atoms with Crippen molar-refractivity contribution in [1.29, 1.82) is 0 Å². The number of rotatable bonds is 10. The fourth-order valence-electron chi connectivity index (χ4n) is 3.18. The molecule has 170 valence electrons. The van der Waals surface area contributed by atoms with E-state index < -0.39 is 0 Å². The molecule has 0 aliphatic carbocycles. The molecule has 2 heterocycles. The molecule has 1 fully saturated rings. The molecule has 0 unspecified atom stereocenters. The number of hydrogen-bond acceptors (Lipinski definition) is 7. The average molecular weight is 468 g/mol. The SMILES string of the molecule is CCOCCn1c(=NC(=O)CSCC(=O)N2CCOCC2)sc2cc(OCC)ccc21. The van der Waals surface area contributed by atoms with Crippen LogP contribution in [0.1, 0.15) is 13.8 Å². The molecule has 31 heavy (non-hydrogen) atoms. The standard InChI is InChI=1S/C21H29N3O5S2/c1-3-27-12-9-24-17-6-5-16(29-4-2)13-18(17)31-21(24)22-19(25)14-30-15-20(26)23-7-10-28-11-8-23/h5-6,13H,3-4,7-12,14-15H2,1-2H3. The summed E-state index contributed by atoms with van der Waals surface area (Å²) < 4.78 is 19.4. The molecule has 1 aromatic heterocycles. The predicted molar refractivity (Wildman–Crippen MR) is 123 cm³/mol. The van der Waals surface area contributed by atoms with Gasteiger partial charge in [0, 0.05) is 26.2 Å². The minimum Gasteiger partial charge on any atom is -0.494 e. The van der Waals surface area contributed by atoms with Crippen LogP contribution in [0.2, 0.25) is 0 Å². The van der Waals surface area contributed by atoms with Crippen LogP contribution >= 0.6 is 23.1 Å². The van der Waals surface area contributed by atoms with E-state index in [4.69, 9.17) is 14.2 Å². The Morgan fingerprint density at radius 2 is 2.00 bits per heavy atom. The summed E-state index contributed by atoms with van der Waals surface area (Å²) in [6, 6.07) is 5.89. The highest BCUT2D eigenvalue weighted by Crippen LogP contribution is 2.23. The van der Waals surface area contributed by atoms with Gasteiger partial charge in [0.25, 0.3) is 5.91 Å². The molecule has 0 N–H and O–H groups in total. The molecule has 3 rings (SSSR count). The number of benzene rings is 1. The second-order valence-corrected chi connectivity index (χ2v) is 8.78. The normalized spacial score (nSPS) is 14.9. The Labute approximate surface area is 190 Å².